The molecule has 1 aromatic carbocycles. The van der Waals surface area contributed by atoms with Gasteiger partial charge in [0.05, 0.1) is 11.9 Å². The number of hydrogen-bond acceptors (Lipinski definition) is 3. The molecule has 3 rings (SSSR count). The molecule has 1 N–H and O–H groups in total. The summed E-state index contributed by atoms with van der Waals surface area (Å²) in [7, 11) is 0. The zero-order valence-electron chi connectivity index (χ0n) is 10.6. The minimum absolute atomic E-state index is 0.0730. The number of aromatic carboxylic acids is 1. The maximum atomic E-state index is 10.8. The van der Waals surface area contributed by atoms with Crippen LogP contribution in [0.15, 0.2) is 42.6 Å². The van der Waals surface area contributed by atoms with Crippen LogP contribution in [0, 0.1) is 0 Å². The summed E-state index contributed by atoms with van der Waals surface area (Å²) in [5, 5.41) is 8.87. The SMILES string of the molecule is CC1Cc2ccccc2N1c1ccc(C(=O)O)nc1. The van der Waals surface area contributed by atoms with Gasteiger partial charge in [-0.3, -0.25) is 0 Å². The molecule has 2 aromatic rings. The average molecular weight is 254 g/mol. The van der Waals surface area contributed by atoms with Crippen molar-refractivity contribution >= 4 is 17.3 Å². The van der Waals surface area contributed by atoms with E-state index in [1.165, 1.54) is 11.3 Å². The van der Waals surface area contributed by atoms with Crippen molar-refractivity contribution in [2.45, 2.75) is 19.4 Å². The number of hydrogen-bond donors (Lipinski definition) is 1. The summed E-state index contributed by atoms with van der Waals surface area (Å²) in [4.78, 5) is 17.0. The molecule has 0 radical (unpaired) electrons. The van der Waals surface area contributed by atoms with Crippen LogP contribution in [0.4, 0.5) is 11.4 Å². The second-order valence-corrected chi connectivity index (χ2v) is 4.76. The molecule has 0 bridgehead atoms. The van der Waals surface area contributed by atoms with E-state index >= 15 is 0 Å². The van der Waals surface area contributed by atoms with Gasteiger partial charge in [0.15, 0.2) is 0 Å². The molecule has 19 heavy (non-hydrogen) atoms. The van der Waals surface area contributed by atoms with E-state index in [9.17, 15) is 4.79 Å². The first-order valence-electron chi connectivity index (χ1n) is 6.23. The lowest BCUT2D eigenvalue weighted by atomic mass is 10.1. The highest BCUT2D eigenvalue weighted by Gasteiger charge is 2.26. The summed E-state index contributed by atoms with van der Waals surface area (Å²) < 4.78 is 0. The number of carboxylic acid groups (broad SMARTS) is 1. The van der Waals surface area contributed by atoms with Gasteiger partial charge in [-0.2, -0.15) is 0 Å². The van der Waals surface area contributed by atoms with Crippen molar-refractivity contribution in [3.05, 3.63) is 53.9 Å². The number of pyridine rings is 1. The van der Waals surface area contributed by atoms with E-state index in [-0.39, 0.29) is 5.69 Å². The van der Waals surface area contributed by atoms with E-state index in [1.54, 1.807) is 12.3 Å². The molecule has 0 saturated carbocycles. The number of nitrogens with zero attached hydrogens (tertiary/aromatic N) is 2. The zero-order chi connectivity index (χ0) is 13.4. The lowest BCUT2D eigenvalue weighted by Gasteiger charge is -2.24. The Morgan fingerprint density at radius 3 is 2.79 bits per heavy atom. The first kappa shape index (κ1) is 11.7. The number of carbonyl (C=O) groups is 1. The van der Waals surface area contributed by atoms with E-state index in [0.717, 1.165) is 12.1 Å². The van der Waals surface area contributed by atoms with E-state index in [2.05, 4.69) is 28.9 Å². The molecule has 96 valence electrons. The monoisotopic (exact) mass is 254 g/mol. The lowest BCUT2D eigenvalue weighted by Crippen LogP contribution is -2.24. The highest BCUT2D eigenvalue weighted by molar-refractivity contribution is 5.85. The highest BCUT2D eigenvalue weighted by atomic mass is 16.4. The summed E-state index contributed by atoms with van der Waals surface area (Å²) in [6.07, 6.45) is 2.62. The summed E-state index contributed by atoms with van der Waals surface area (Å²) in [6.45, 7) is 2.16. The van der Waals surface area contributed by atoms with Crippen LogP contribution in [0.2, 0.25) is 0 Å². The quantitative estimate of drug-likeness (QED) is 0.895. The van der Waals surface area contributed by atoms with Crippen molar-refractivity contribution in [2.24, 2.45) is 0 Å². The number of rotatable bonds is 2. The van der Waals surface area contributed by atoms with Crippen molar-refractivity contribution in [2.75, 3.05) is 4.90 Å². The summed E-state index contributed by atoms with van der Waals surface area (Å²) in [5.74, 6) is -0.999. The van der Waals surface area contributed by atoms with Crippen molar-refractivity contribution < 1.29 is 9.90 Å². The molecule has 2 heterocycles. The first-order chi connectivity index (χ1) is 9.16. The maximum Gasteiger partial charge on any atom is 0.354 e. The van der Waals surface area contributed by atoms with Crippen molar-refractivity contribution in [1.29, 1.82) is 0 Å². The van der Waals surface area contributed by atoms with Gasteiger partial charge in [0, 0.05) is 11.7 Å². The molecule has 1 aliphatic rings. The van der Waals surface area contributed by atoms with Crippen LogP contribution < -0.4 is 4.90 Å². The van der Waals surface area contributed by atoms with Crippen LogP contribution in [0.1, 0.15) is 23.0 Å². The van der Waals surface area contributed by atoms with Crippen LogP contribution >= 0.6 is 0 Å². The number of para-hydroxylation sites is 1. The van der Waals surface area contributed by atoms with Gasteiger partial charge in [-0.1, -0.05) is 18.2 Å². The number of anilines is 2. The van der Waals surface area contributed by atoms with Crippen LogP contribution in [-0.2, 0) is 6.42 Å². The lowest BCUT2D eigenvalue weighted by molar-refractivity contribution is 0.0690. The summed E-state index contributed by atoms with van der Waals surface area (Å²) in [6, 6.07) is 12.0. The molecule has 4 heteroatoms. The van der Waals surface area contributed by atoms with E-state index < -0.39 is 5.97 Å². The van der Waals surface area contributed by atoms with Crippen molar-refractivity contribution in [3.63, 3.8) is 0 Å². The third-order valence-electron chi connectivity index (χ3n) is 3.45. The fourth-order valence-electron chi connectivity index (χ4n) is 2.61. The fourth-order valence-corrected chi connectivity index (χ4v) is 2.61. The van der Waals surface area contributed by atoms with Gasteiger partial charge in [0.25, 0.3) is 0 Å². The topological polar surface area (TPSA) is 53.4 Å². The Morgan fingerprint density at radius 2 is 2.11 bits per heavy atom. The van der Waals surface area contributed by atoms with Crippen LogP contribution in [0.3, 0.4) is 0 Å². The molecule has 1 atom stereocenters. The normalized spacial score (nSPS) is 17.3. The molecule has 1 aromatic heterocycles. The van der Waals surface area contributed by atoms with Gasteiger partial charge in [-0.25, -0.2) is 9.78 Å². The Hall–Kier alpha value is -2.36. The van der Waals surface area contributed by atoms with E-state index in [4.69, 9.17) is 5.11 Å². The largest absolute Gasteiger partial charge is 0.477 e. The van der Waals surface area contributed by atoms with Gasteiger partial charge in [0.2, 0.25) is 0 Å². The predicted molar refractivity (Wildman–Crippen MR) is 72.9 cm³/mol. The molecule has 4 nitrogen and oxygen atoms in total. The first-order valence-corrected chi connectivity index (χ1v) is 6.23. The number of carboxylic acids is 1. The van der Waals surface area contributed by atoms with Crippen molar-refractivity contribution in [3.8, 4) is 0 Å². The Balaban J connectivity index is 2.00. The van der Waals surface area contributed by atoms with Crippen LogP contribution in [-0.4, -0.2) is 22.1 Å². The second-order valence-electron chi connectivity index (χ2n) is 4.76. The molecule has 0 spiro atoms. The Bertz CT molecular complexity index is 622. The molecule has 0 aliphatic carbocycles. The molecule has 0 saturated heterocycles. The predicted octanol–water partition coefficient (Wildman–Crippen LogP) is 2.86. The standard InChI is InChI=1S/C15H14N2O2/c1-10-8-11-4-2-3-5-14(11)17(10)12-6-7-13(15(18)19)16-9-12/h2-7,9-10H,8H2,1H3,(H,18,19). The smallest absolute Gasteiger partial charge is 0.354 e. The summed E-state index contributed by atoms with van der Waals surface area (Å²) >= 11 is 0. The average Bonchev–Trinajstić information content (AvgIpc) is 2.74. The van der Waals surface area contributed by atoms with E-state index in [1.807, 2.05) is 18.2 Å². The highest BCUT2D eigenvalue weighted by Crippen LogP contribution is 2.37. The number of aromatic nitrogens is 1. The number of benzene rings is 1. The van der Waals surface area contributed by atoms with Crippen LogP contribution in [0.5, 0.6) is 0 Å². The van der Waals surface area contributed by atoms with Crippen LogP contribution in [0.25, 0.3) is 0 Å². The fraction of sp³-hybridized carbons (Fsp3) is 0.200. The minimum Gasteiger partial charge on any atom is -0.477 e. The van der Waals surface area contributed by atoms with Gasteiger partial charge in [-0.15, -0.1) is 0 Å². The van der Waals surface area contributed by atoms with E-state index in [0.29, 0.717) is 6.04 Å². The Morgan fingerprint density at radius 1 is 1.32 bits per heavy atom. The minimum atomic E-state index is -0.999. The van der Waals surface area contributed by atoms with Gasteiger partial charge < -0.3 is 10.0 Å². The van der Waals surface area contributed by atoms with Gasteiger partial charge >= 0.3 is 5.97 Å². The third kappa shape index (κ3) is 1.95. The molecule has 1 unspecified atom stereocenters. The zero-order valence-corrected chi connectivity index (χ0v) is 10.6. The van der Waals surface area contributed by atoms with Gasteiger partial charge in [-0.05, 0) is 37.1 Å². The third-order valence-corrected chi connectivity index (χ3v) is 3.45. The molecule has 1 aliphatic heterocycles. The second kappa shape index (κ2) is 4.39. The Kier molecular flexibility index (Phi) is 2.71. The van der Waals surface area contributed by atoms with Gasteiger partial charge in [0.1, 0.15) is 5.69 Å². The molecule has 0 fully saturated rings. The molecular weight excluding hydrogens is 240 g/mol. The number of fused-ring (bicyclic) bond motifs is 1. The molecule has 0 amide bonds. The van der Waals surface area contributed by atoms with Crippen molar-refractivity contribution in [1.82, 2.24) is 4.98 Å². The molecular formula is C15H14N2O2. The summed E-state index contributed by atoms with van der Waals surface area (Å²) in [5.41, 5.74) is 3.50. The maximum absolute atomic E-state index is 10.8. The Labute approximate surface area is 111 Å².